The molecule has 0 aliphatic rings. The summed E-state index contributed by atoms with van der Waals surface area (Å²) in [6.07, 6.45) is 4.01. The lowest BCUT2D eigenvalue weighted by Gasteiger charge is -2.06. The van der Waals surface area contributed by atoms with Gasteiger partial charge in [-0.3, -0.25) is 10.1 Å². The fourth-order valence-corrected chi connectivity index (χ4v) is 1.08. The minimum absolute atomic E-state index is 0.110. The van der Waals surface area contributed by atoms with Crippen LogP contribution >= 0.6 is 0 Å². The van der Waals surface area contributed by atoms with Crippen molar-refractivity contribution in [2.75, 3.05) is 18.9 Å². The van der Waals surface area contributed by atoms with Crippen molar-refractivity contribution < 1.29 is 19.1 Å². The van der Waals surface area contributed by atoms with Gasteiger partial charge >= 0.3 is 12.0 Å². The van der Waals surface area contributed by atoms with E-state index in [4.69, 9.17) is 5.73 Å². The van der Waals surface area contributed by atoms with Gasteiger partial charge in [0.05, 0.1) is 0 Å². The monoisotopic (exact) mass is 279 g/mol. The molecular weight excluding hydrogens is 266 g/mol. The minimum Gasteiger partial charge on any atom is -0.451 e. The molecule has 0 bridgehead atoms. The van der Waals surface area contributed by atoms with Crippen molar-refractivity contribution in [2.24, 2.45) is 0 Å². The van der Waals surface area contributed by atoms with Gasteiger partial charge in [-0.1, -0.05) is 6.08 Å². The maximum Gasteiger partial charge on any atom is 0.361 e. The third-order valence-corrected chi connectivity index (χ3v) is 1.91. The van der Waals surface area contributed by atoms with Crippen molar-refractivity contribution in [3.05, 3.63) is 30.7 Å². The number of anilines is 1. The first-order valence-electron chi connectivity index (χ1n) is 5.46. The Morgan fingerprint density at radius 3 is 2.70 bits per heavy atom. The van der Waals surface area contributed by atoms with E-state index in [1.807, 2.05) is 5.32 Å². The SMILES string of the molecule is C=CCNC(=O)NC(=O)COC(=O)c1nccnc1N. The number of nitrogens with zero attached hydrogens (tertiary/aromatic N) is 2. The van der Waals surface area contributed by atoms with E-state index < -0.39 is 24.5 Å². The molecule has 9 nitrogen and oxygen atoms in total. The van der Waals surface area contributed by atoms with Gasteiger partial charge in [-0.05, 0) is 0 Å². The number of nitrogens with one attached hydrogen (secondary N) is 2. The second kappa shape index (κ2) is 7.46. The van der Waals surface area contributed by atoms with Crippen LogP contribution in [0.5, 0.6) is 0 Å². The van der Waals surface area contributed by atoms with Crippen LogP contribution in [0.15, 0.2) is 25.0 Å². The van der Waals surface area contributed by atoms with E-state index >= 15 is 0 Å². The third kappa shape index (κ3) is 4.72. The van der Waals surface area contributed by atoms with Gasteiger partial charge in [0.15, 0.2) is 18.1 Å². The number of nitrogen functional groups attached to an aromatic ring is 1. The zero-order valence-electron chi connectivity index (χ0n) is 10.5. The van der Waals surface area contributed by atoms with E-state index in [0.29, 0.717) is 0 Å². The lowest BCUT2D eigenvalue weighted by atomic mass is 10.4. The topological polar surface area (TPSA) is 136 Å². The average molecular weight is 279 g/mol. The van der Waals surface area contributed by atoms with Gasteiger partial charge in [0.25, 0.3) is 5.91 Å². The molecule has 0 aliphatic carbocycles. The van der Waals surface area contributed by atoms with Crippen LogP contribution in [0.3, 0.4) is 0 Å². The summed E-state index contributed by atoms with van der Waals surface area (Å²) in [5.41, 5.74) is 5.22. The number of rotatable bonds is 5. The van der Waals surface area contributed by atoms with Crippen molar-refractivity contribution >= 4 is 23.7 Å². The number of hydrogen-bond acceptors (Lipinski definition) is 7. The van der Waals surface area contributed by atoms with Crippen LogP contribution in [0, 0.1) is 0 Å². The summed E-state index contributed by atoms with van der Waals surface area (Å²) >= 11 is 0. The molecule has 9 heteroatoms. The van der Waals surface area contributed by atoms with E-state index in [2.05, 4.69) is 26.6 Å². The molecule has 1 rings (SSSR count). The molecule has 106 valence electrons. The fraction of sp³-hybridized carbons (Fsp3) is 0.182. The van der Waals surface area contributed by atoms with Crippen molar-refractivity contribution in [1.82, 2.24) is 20.6 Å². The number of amides is 3. The summed E-state index contributed by atoms with van der Waals surface area (Å²) in [5.74, 6) is -1.80. The minimum atomic E-state index is -0.905. The molecule has 0 unspecified atom stereocenters. The molecule has 0 radical (unpaired) electrons. The van der Waals surface area contributed by atoms with Gasteiger partial charge in [0, 0.05) is 18.9 Å². The Hall–Kier alpha value is -2.97. The zero-order chi connectivity index (χ0) is 15.0. The molecule has 0 spiro atoms. The van der Waals surface area contributed by atoms with Crippen LogP contribution in [-0.2, 0) is 9.53 Å². The maximum atomic E-state index is 11.5. The Labute approximate surface area is 114 Å². The molecular formula is C11H13N5O4. The molecule has 0 fully saturated rings. The number of carbonyl (C=O) groups is 3. The van der Waals surface area contributed by atoms with Gasteiger partial charge in [-0.25, -0.2) is 19.6 Å². The normalized spacial score (nSPS) is 9.40. The van der Waals surface area contributed by atoms with Gasteiger partial charge in [-0.2, -0.15) is 0 Å². The molecule has 4 N–H and O–H groups in total. The number of urea groups is 1. The van der Waals surface area contributed by atoms with E-state index in [1.165, 1.54) is 18.5 Å². The molecule has 0 atom stereocenters. The molecule has 0 saturated heterocycles. The average Bonchev–Trinajstić information content (AvgIpc) is 2.43. The molecule has 0 saturated carbocycles. The Morgan fingerprint density at radius 2 is 2.05 bits per heavy atom. The van der Waals surface area contributed by atoms with Crippen LogP contribution in [0.2, 0.25) is 0 Å². The van der Waals surface area contributed by atoms with Crippen LogP contribution in [0.25, 0.3) is 0 Å². The van der Waals surface area contributed by atoms with Gasteiger partial charge in [-0.15, -0.1) is 6.58 Å². The zero-order valence-corrected chi connectivity index (χ0v) is 10.5. The number of ether oxygens (including phenoxy) is 1. The standard InChI is InChI=1S/C11H13N5O4/c1-2-3-15-11(19)16-7(17)6-20-10(18)8-9(12)14-5-4-13-8/h2,4-5H,1,3,6H2,(H2,12,14)(H2,15,16,17,19). The molecule has 3 amide bonds. The van der Waals surface area contributed by atoms with Crippen molar-refractivity contribution in [3.63, 3.8) is 0 Å². The number of carbonyl (C=O) groups excluding carboxylic acids is 3. The first kappa shape index (κ1) is 15.1. The van der Waals surface area contributed by atoms with Crippen LogP contribution < -0.4 is 16.4 Å². The Balaban J connectivity index is 2.41. The third-order valence-electron chi connectivity index (χ3n) is 1.91. The van der Waals surface area contributed by atoms with Crippen LogP contribution in [0.1, 0.15) is 10.5 Å². The first-order valence-corrected chi connectivity index (χ1v) is 5.46. The van der Waals surface area contributed by atoms with Gasteiger partial charge in [0.2, 0.25) is 0 Å². The highest BCUT2D eigenvalue weighted by Gasteiger charge is 2.16. The van der Waals surface area contributed by atoms with Crippen LogP contribution in [-0.4, -0.2) is 41.0 Å². The molecule has 1 heterocycles. The quantitative estimate of drug-likeness (QED) is 0.475. The van der Waals surface area contributed by atoms with E-state index in [-0.39, 0.29) is 18.1 Å². The number of hydrogen-bond donors (Lipinski definition) is 3. The Kier molecular flexibility index (Phi) is 5.63. The summed E-state index contributed by atoms with van der Waals surface area (Å²) in [5, 5.41) is 4.27. The maximum absolute atomic E-state index is 11.5. The largest absolute Gasteiger partial charge is 0.451 e. The van der Waals surface area contributed by atoms with Gasteiger partial charge < -0.3 is 15.8 Å². The summed E-state index contributed by atoms with van der Waals surface area (Å²) in [6, 6.07) is -0.718. The highest BCUT2D eigenvalue weighted by molar-refractivity contribution is 5.97. The van der Waals surface area contributed by atoms with Gasteiger partial charge in [0.1, 0.15) is 0 Å². The van der Waals surface area contributed by atoms with Crippen molar-refractivity contribution in [2.45, 2.75) is 0 Å². The molecule has 1 aromatic heterocycles. The second-order valence-corrected chi connectivity index (χ2v) is 3.41. The van der Waals surface area contributed by atoms with E-state index in [0.717, 1.165) is 0 Å². The number of imide groups is 1. The van der Waals surface area contributed by atoms with E-state index in [9.17, 15) is 14.4 Å². The second-order valence-electron chi connectivity index (χ2n) is 3.41. The highest BCUT2D eigenvalue weighted by Crippen LogP contribution is 2.04. The summed E-state index contributed by atoms with van der Waals surface area (Å²) in [4.78, 5) is 41.3. The molecule has 1 aromatic rings. The summed E-state index contributed by atoms with van der Waals surface area (Å²) in [6.45, 7) is 2.95. The number of esters is 1. The van der Waals surface area contributed by atoms with Crippen LogP contribution in [0.4, 0.5) is 10.6 Å². The van der Waals surface area contributed by atoms with E-state index in [1.54, 1.807) is 0 Å². The lowest BCUT2D eigenvalue weighted by Crippen LogP contribution is -2.41. The smallest absolute Gasteiger partial charge is 0.361 e. The summed E-state index contributed by atoms with van der Waals surface area (Å²) in [7, 11) is 0. The highest BCUT2D eigenvalue weighted by atomic mass is 16.5. The van der Waals surface area contributed by atoms with Crippen molar-refractivity contribution in [3.8, 4) is 0 Å². The Morgan fingerprint density at radius 1 is 1.35 bits per heavy atom. The lowest BCUT2D eigenvalue weighted by molar-refractivity contribution is -0.123. The molecule has 0 aromatic carbocycles. The fourth-order valence-electron chi connectivity index (χ4n) is 1.08. The number of nitrogens with two attached hydrogens (primary N) is 1. The predicted molar refractivity (Wildman–Crippen MR) is 68.5 cm³/mol. The molecule has 0 aliphatic heterocycles. The van der Waals surface area contributed by atoms with Crippen molar-refractivity contribution in [1.29, 1.82) is 0 Å². The Bertz CT molecular complexity index is 531. The first-order chi connectivity index (χ1) is 9.54. The number of aromatic nitrogens is 2. The predicted octanol–water partition coefficient (Wildman–Crippen LogP) is -0.773. The molecule has 20 heavy (non-hydrogen) atoms. The summed E-state index contributed by atoms with van der Waals surface area (Å²) < 4.78 is 4.64.